The van der Waals surface area contributed by atoms with Crippen LogP contribution in [0.15, 0.2) is 29.3 Å². The van der Waals surface area contributed by atoms with E-state index in [1.165, 1.54) is 0 Å². The number of anilines is 1. The first-order valence-corrected chi connectivity index (χ1v) is 10.1. The van der Waals surface area contributed by atoms with Gasteiger partial charge >= 0.3 is 0 Å². The Kier molecular flexibility index (Phi) is 9.44. The third-order valence-electron chi connectivity index (χ3n) is 3.99. The number of guanidine groups is 1. The highest BCUT2D eigenvalue weighted by molar-refractivity contribution is 14.0. The van der Waals surface area contributed by atoms with Gasteiger partial charge in [0.1, 0.15) is 5.75 Å². The van der Waals surface area contributed by atoms with Gasteiger partial charge in [0.05, 0.1) is 19.1 Å². The molecule has 0 atom stereocenters. The number of hydrogen-bond donors (Lipinski definition) is 2. The second-order valence-electron chi connectivity index (χ2n) is 5.79. The standard InChI is InChI=1S/C16H27N5O3S.HI/c1-17-16(18-8-9-19-25(3,22)23)21-12-10-20(11-13-21)14-6-4-5-7-15(14)24-2;/h4-7,19H,8-13H2,1-3H3,(H,17,18);1H. The quantitative estimate of drug-likeness (QED) is 0.259. The fraction of sp³-hybridized carbons (Fsp3) is 0.562. The van der Waals surface area contributed by atoms with Gasteiger partial charge in [-0.25, -0.2) is 13.1 Å². The van der Waals surface area contributed by atoms with Gasteiger partial charge in [-0.05, 0) is 12.1 Å². The molecule has 0 aliphatic carbocycles. The van der Waals surface area contributed by atoms with Crippen LogP contribution in [0, 0.1) is 0 Å². The summed E-state index contributed by atoms with van der Waals surface area (Å²) in [7, 11) is 0.261. The normalized spacial score (nSPS) is 15.4. The Morgan fingerprint density at radius 3 is 2.42 bits per heavy atom. The first kappa shape index (κ1) is 22.8. The van der Waals surface area contributed by atoms with E-state index in [1.807, 2.05) is 18.2 Å². The van der Waals surface area contributed by atoms with Crippen molar-refractivity contribution in [3.8, 4) is 5.75 Å². The maximum atomic E-state index is 11.1. The second-order valence-corrected chi connectivity index (χ2v) is 7.62. The molecule has 0 radical (unpaired) electrons. The van der Waals surface area contributed by atoms with Gasteiger partial charge in [0.15, 0.2) is 5.96 Å². The summed E-state index contributed by atoms with van der Waals surface area (Å²) < 4.78 is 30.0. The Morgan fingerprint density at radius 2 is 1.85 bits per heavy atom. The second kappa shape index (κ2) is 10.8. The number of aliphatic imine (C=N–C) groups is 1. The van der Waals surface area contributed by atoms with E-state index in [1.54, 1.807) is 14.2 Å². The van der Waals surface area contributed by atoms with Crippen LogP contribution in [0.5, 0.6) is 5.75 Å². The molecule has 1 aromatic rings. The van der Waals surface area contributed by atoms with Gasteiger partial charge in [-0.2, -0.15) is 0 Å². The molecule has 0 unspecified atom stereocenters. The van der Waals surface area contributed by atoms with Crippen molar-refractivity contribution in [1.29, 1.82) is 0 Å². The number of nitrogens with one attached hydrogen (secondary N) is 2. The summed E-state index contributed by atoms with van der Waals surface area (Å²) in [4.78, 5) is 8.76. The van der Waals surface area contributed by atoms with Gasteiger partial charge in [0, 0.05) is 46.3 Å². The monoisotopic (exact) mass is 497 g/mol. The van der Waals surface area contributed by atoms with E-state index in [2.05, 4.69) is 30.9 Å². The zero-order chi connectivity index (χ0) is 18.3. The number of rotatable bonds is 6. The van der Waals surface area contributed by atoms with Crippen LogP contribution in [0.3, 0.4) is 0 Å². The summed E-state index contributed by atoms with van der Waals surface area (Å²) in [6, 6.07) is 8.02. The van der Waals surface area contributed by atoms with Crippen molar-refractivity contribution < 1.29 is 13.2 Å². The van der Waals surface area contributed by atoms with E-state index in [9.17, 15) is 8.42 Å². The Morgan fingerprint density at radius 1 is 1.19 bits per heavy atom. The van der Waals surface area contributed by atoms with Gasteiger partial charge in [-0.3, -0.25) is 4.99 Å². The third kappa shape index (κ3) is 6.80. The molecule has 1 heterocycles. The molecule has 2 rings (SSSR count). The Balaban J connectivity index is 0.00000338. The molecule has 2 N–H and O–H groups in total. The number of nitrogens with zero attached hydrogens (tertiary/aromatic N) is 3. The highest BCUT2D eigenvalue weighted by atomic mass is 127. The zero-order valence-electron chi connectivity index (χ0n) is 15.4. The maximum Gasteiger partial charge on any atom is 0.208 e. The summed E-state index contributed by atoms with van der Waals surface area (Å²) in [5.74, 6) is 1.67. The average molecular weight is 497 g/mol. The molecule has 10 heteroatoms. The van der Waals surface area contributed by atoms with Gasteiger partial charge in [0.25, 0.3) is 0 Å². The fourth-order valence-electron chi connectivity index (χ4n) is 2.79. The van der Waals surface area contributed by atoms with Crippen LogP contribution in [-0.2, 0) is 10.0 Å². The van der Waals surface area contributed by atoms with E-state index in [0.717, 1.165) is 49.8 Å². The molecule has 148 valence electrons. The predicted octanol–water partition coefficient (Wildman–Crippen LogP) is 0.560. The molecule has 1 aliphatic rings. The molecule has 0 amide bonds. The largest absolute Gasteiger partial charge is 0.495 e. The van der Waals surface area contributed by atoms with Crippen LogP contribution >= 0.6 is 24.0 Å². The fourth-order valence-corrected chi connectivity index (χ4v) is 3.27. The number of sulfonamides is 1. The molecule has 1 saturated heterocycles. The van der Waals surface area contributed by atoms with E-state index in [4.69, 9.17) is 4.74 Å². The van der Waals surface area contributed by atoms with Crippen molar-refractivity contribution >= 4 is 45.6 Å². The molecule has 0 saturated carbocycles. The Labute approximate surface area is 173 Å². The van der Waals surface area contributed by atoms with Gasteiger partial charge < -0.3 is 19.9 Å². The first-order chi connectivity index (χ1) is 11.9. The highest BCUT2D eigenvalue weighted by Gasteiger charge is 2.21. The van der Waals surface area contributed by atoms with Crippen molar-refractivity contribution in [1.82, 2.24) is 14.9 Å². The first-order valence-electron chi connectivity index (χ1n) is 8.23. The minimum absolute atomic E-state index is 0. The lowest BCUT2D eigenvalue weighted by Crippen LogP contribution is -2.53. The predicted molar refractivity (Wildman–Crippen MR) is 116 cm³/mol. The molecule has 1 aliphatic heterocycles. The van der Waals surface area contributed by atoms with Crippen LogP contribution in [0.25, 0.3) is 0 Å². The van der Waals surface area contributed by atoms with Crippen molar-refractivity contribution in [2.24, 2.45) is 4.99 Å². The minimum Gasteiger partial charge on any atom is -0.495 e. The average Bonchev–Trinajstić information content (AvgIpc) is 2.61. The molecule has 8 nitrogen and oxygen atoms in total. The highest BCUT2D eigenvalue weighted by Crippen LogP contribution is 2.28. The summed E-state index contributed by atoms with van der Waals surface area (Å²) in [6.07, 6.45) is 1.15. The molecule has 26 heavy (non-hydrogen) atoms. The van der Waals surface area contributed by atoms with E-state index >= 15 is 0 Å². The molecular weight excluding hydrogens is 469 g/mol. The third-order valence-corrected chi connectivity index (χ3v) is 4.72. The van der Waals surface area contributed by atoms with Crippen LogP contribution in [0.4, 0.5) is 5.69 Å². The lowest BCUT2D eigenvalue weighted by Gasteiger charge is -2.38. The lowest BCUT2D eigenvalue weighted by molar-refractivity contribution is 0.367. The van der Waals surface area contributed by atoms with Crippen LogP contribution < -0.4 is 19.7 Å². The van der Waals surface area contributed by atoms with E-state index in [0.29, 0.717) is 13.1 Å². The molecule has 1 fully saturated rings. The number of halogens is 1. The SMILES string of the molecule is CN=C(NCCNS(C)(=O)=O)N1CCN(c2ccccc2OC)CC1.I. The van der Waals surface area contributed by atoms with Crippen LogP contribution in [0.2, 0.25) is 0 Å². The summed E-state index contributed by atoms with van der Waals surface area (Å²) in [5, 5.41) is 3.19. The number of hydrogen-bond acceptors (Lipinski definition) is 5. The summed E-state index contributed by atoms with van der Waals surface area (Å²) in [5.41, 5.74) is 1.10. The molecule has 1 aromatic carbocycles. The van der Waals surface area contributed by atoms with Crippen molar-refractivity contribution in [2.45, 2.75) is 0 Å². The Hall–Kier alpha value is -1.27. The summed E-state index contributed by atoms with van der Waals surface area (Å²) in [6.45, 7) is 4.21. The van der Waals surface area contributed by atoms with Gasteiger partial charge in [-0.1, -0.05) is 12.1 Å². The number of ether oxygens (including phenoxy) is 1. The minimum atomic E-state index is -3.16. The molecule has 0 aromatic heterocycles. The number of methoxy groups -OCH3 is 1. The molecular formula is C16H28IN5O3S. The molecule has 0 spiro atoms. The number of para-hydroxylation sites is 2. The van der Waals surface area contributed by atoms with Gasteiger partial charge in [-0.15, -0.1) is 24.0 Å². The summed E-state index contributed by atoms with van der Waals surface area (Å²) >= 11 is 0. The Bertz CT molecular complexity index is 691. The molecule has 0 bridgehead atoms. The van der Waals surface area contributed by atoms with Crippen molar-refractivity contribution in [2.75, 3.05) is 64.6 Å². The van der Waals surface area contributed by atoms with Crippen molar-refractivity contribution in [3.63, 3.8) is 0 Å². The van der Waals surface area contributed by atoms with Crippen LogP contribution in [0.1, 0.15) is 0 Å². The lowest BCUT2D eigenvalue weighted by atomic mass is 10.2. The van der Waals surface area contributed by atoms with Crippen molar-refractivity contribution in [3.05, 3.63) is 24.3 Å². The smallest absolute Gasteiger partial charge is 0.208 e. The topological polar surface area (TPSA) is 86.3 Å². The zero-order valence-corrected chi connectivity index (χ0v) is 18.6. The number of benzene rings is 1. The number of piperazine rings is 1. The maximum absolute atomic E-state index is 11.1. The van der Waals surface area contributed by atoms with Crippen LogP contribution in [-0.4, -0.2) is 79.0 Å². The van der Waals surface area contributed by atoms with Gasteiger partial charge in [0.2, 0.25) is 10.0 Å². The van der Waals surface area contributed by atoms with E-state index < -0.39 is 10.0 Å². The van der Waals surface area contributed by atoms with E-state index in [-0.39, 0.29) is 24.0 Å².